The average molecular weight is 444 g/mol. The third-order valence-corrected chi connectivity index (χ3v) is 4.88. The highest BCUT2D eigenvalue weighted by Crippen LogP contribution is 2.30. The molecular weight excluding hydrogens is 431 g/mol. The summed E-state index contributed by atoms with van der Waals surface area (Å²) in [6.07, 6.45) is 0. The minimum absolute atomic E-state index is 0.497. The number of hydrogen-bond acceptors (Lipinski definition) is 3. The lowest BCUT2D eigenvalue weighted by Crippen LogP contribution is -2.22. The summed E-state index contributed by atoms with van der Waals surface area (Å²) >= 11 is 17.9. The van der Waals surface area contributed by atoms with E-state index in [2.05, 4.69) is 15.5 Å². The van der Waals surface area contributed by atoms with Crippen LogP contribution in [0, 0.1) is 0 Å². The number of carbonyl (C=O) groups is 1. The number of anilines is 1. The molecule has 0 saturated heterocycles. The molecule has 1 heterocycles. The molecule has 4 rings (SSSR count). The van der Waals surface area contributed by atoms with Crippen molar-refractivity contribution >= 4 is 46.5 Å². The zero-order chi connectivity index (χ0) is 20.4. The van der Waals surface area contributed by atoms with E-state index >= 15 is 0 Å². The minimum Gasteiger partial charge on any atom is -0.305 e. The number of benzene rings is 3. The predicted octanol–water partition coefficient (Wildman–Crippen LogP) is 6.65. The van der Waals surface area contributed by atoms with Gasteiger partial charge in [-0.15, -0.1) is 10.2 Å². The van der Waals surface area contributed by atoms with Crippen molar-refractivity contribution in [2.75, 3.05) is 5.32 Å². The second-order valence-corrected chi connectivity index (χ2v) is 7.45. The first-order chi connectivity index (χ1) is 14.0. The van der Waals surface area contributed by atoms with Crippen molar-refractivity contribution < 1.29 is 4.79 Å². The molecule has 5 nitrogen and oxygen atoms in total. The van der Waals surface area contributed by atoms with Crippen LogP contribution in [0.15, 0.2) is 72.8 Å². The molecule has 0 aliphatic heterocycles. The zero-order valence-corrected chi connectivity index (χ0v) is 17.1. The number of rotatable bonds is 3. The average Bonchev–Trinajstić information content (AvgIpc) is 3.16. The van der Waals surface area contributed by atoms with Gasteiger partial charge in [-0.05, 0) is 48.5 Å². The van der Waals surface area contributed by atoms with E-state index in [1.165, 1.54) is 0 Å². The van der Waals surface area contributed by atoms with Gasteiger partial charge in [0.2, 0.25) is 0 Å². The third kappa shape index (κ3) is 4.43. The molecule has 0 aliphatic carbocycles. The van der Waals surface area contributed by atoms with Gasteiger partial charge >= 0.3 is 6.03 Å². The molecule has 0 atom stereocenters. The Balaban J connectivity index is 1.74. The van der Waals surface area contributed by atoms with Gasteiger partial charge in [0.1, 0.15) is 11.4 Å². The summed E-state index contributed by atoms with van der Waals surface area (Å²) in [4.78, 5) is 13.7. The molecule has 0 radical (unpaired) electrons. The molecule has 0 unspecified atom stereocenters. The standard InChI is InChI=1S/C21H13Cl3N4O/c22-15-5-1-13(2-6-15)19-20(14-3-7-16(23)8-4-14)27-28(26-19)21(29)25-18-11-9-17(24)10-12-18/h1-12H,(H,25,29). The summed E-state index contributed by atoms with van der Waals surface area (Å²) in [6.45, 7) is 0. The Morgan fingerprint density at radius 3 is 1.45 bits per heavy atom. The van der Waals surface area contributed by atoms with E-state index < -0.39 is 6.03 Å². The van der Waals surface area contributed by atoms with Gasteiger partial charge in [-0.2, -0.15) is 0 Å². The Bertz CT molecular complexity index is 1090. The maximum Gasteiger partial charge on any atom is 0.363 e. The van der Waals surface area contributed by atoms with Crippen molar-refractivity contribution in [3.05, 3.63) is 87.9 Å². The van der Waals surface area contributed by atoms with Crippen LogP contribution in [0.4, 0.5) is 10.5 Å². The van der Waals surface area contributed by atoms with Gasteiger partial charge in [0, 0.05) is 31.9 Å². The van der Waals surface area contributed by atoms with E-state index in [0.29, 0.717) is 32.1 Å². The highest BCUT2D eigenvalue weighted by atomic mass is 35.5. The summed E-state index contributed by atoms with van der Waals surface area (Å²) in [5.74, 6) is 0. The first kappa shape index (κ1) is 19.5. The number of hydrogen-bond donors (Lipinski definition) is 1. The maximum atomic E-state index is 12.7. The highest BCUT2D eigenvalue weighted by Gasteiger charge is 2.19. The molecule has 0 aliphatic rings. The van der Waals surface area contributed by atoms with Gasteiger partial charge in [0.05, 0.1) is 0 Å². The lowest BCUT2D eigenvalue weighted by molar-refractivity contribution is 0.248. The second-order valence-electron chi connectivity index (χ2n) is 6.14. The molecule has 0 spiro atoms. The predicted molar refractivity (Wildman–Crippen MR) is 117 cm³/mol. The summed E-state index contributed by atoms with van der Waals surface area (Å²) in [5, 5.41) is 13.4. The molecule has 144 valence electrons. The molecule has 29 heavy (non-hydrogen) atoms. The first-order valence-corrected chi connectivity index (χ1v) is 9.69. The van der Waals surface area contributed by atoms with E-state index in [4.69, 9.17) is 34.8 Å². The quantitative estimate of drug-likeness (QED) is 0.385. The van der Waals surface area contributed by atoms with Crippen molar-refractivity contribution in [2.24, 2.45) is 0 Å². The second kappa shape index (κ2) is 8.25. The SMILES string of the molecule is O=C(Nc1ccc(Cl)cc1)n1nc(-c2ccc(Cl)cc2)c(-c2ccc(Cl)cc2)n1. The fourth-order valence-corrected chi connectivity index (χ4v) is 3.09. The first-order valence-electron chi connectivity index (χ1n) is 8.56. The van der Waals surface area contributed by atoms with E-state index in [1.54, 1.807) is 48.5 Å². The van der Waals surface area contributed by atoms with Crippen LogP contribution in [0.1, 0.15) is 0 Å². The summed E-state index contributed by atoms with van der Waals surface area (Å²) < 4.78 is 0. The Labute approximate surface area is 181 Å². The topological polar surface area (TPSA) is 59.8 Å². The van der Waals surface area contributed by atoms with Crippen LogP contribution in [0.2, 0.25) is 15.1 Å². The number of aromatic nitrogens is 3. The van der Waals surface area contributed by atoms with Gasteiger partial charge in [-0.1, -0.05) is 63.9 Å². The van der Waals surface area contributed by atoms with Crippen molar-refractivity contribution in [3.63, 3.8) is 0 Å². The van der Waals surface area contributed by atoms with Crippen LogP contribution in [0.3, 0.4) is 0 Å². The van der Waals surface area contributed by atoms with Crippen LogP contribution in [-0.2, 0) is 0 Å². The van der Waals surface area contributed by atoms with Crippen molar-refractivity contribution in [1.82, 2.24) is 15.0 Å². The van der Waals surface area contributed by atoms with Gasteiger partial charge in [-0.25, -0.2) is 4.79 Å². The van der Waals surface area contributed by atoms with Gasteiger partial charge in [-0.3, -0.25) is 0 Å². The molecule has 0 fully saturated rings. The summed E-state index contributed by atoms with van der Waals surface area (Å²) in [5.41, 5.74) is 3.25. The Hall–Kier alpha value is -2.86. The van der Waals surface area contributed by atoms with Gasteiger partial charge in [0.25, 0.3) is 0 Å². The van der Waals surface area contributed by atoms with Crippen LogP contribution in [0.25, 0.3) is 22.5 Å². The fraction of sp³-hybridized carbons (Fsp3) is 0. The van der Waals surface area contributed by atoms with Crippen LogP contribution < -0.4 is 5.32 Å². The van der Waals surface area contributed by atoms with Crippen molar-refractivity contribution in [2.45, 2.75) is 0 Å². The van der Waals surface area contributed by atoms with Gasteiger partial charge < -0.3 is 5.32 Å². The van der Waals surface area contributed by atoms with Crippen LogP contribution in [0.5, 0.6) is 0 Å². The van der Waals surface area contributed by atoms with Gasteiger partial charge in [0.15, 0.2) is 0 Å². The Morgan fingerprint density at radius 2 is 1.03 bits per heavy atom. The molecule has 8 heteroatoms. The van der Waals surface area contributed by atoms with Crippen LogP contribution in [-0.4, -0.2) is 21.0 Å². The number of nitrogens with one attached hydrogen (secondary N) is 1. The smallest absolute Gasteiger partial charge is 0.305 e. The third-order valence-electron chi connectivity index (χ3n) is 4.13. The molecule has 3 aromatic carbocycles. The minimum atomic E-state index is -0.497. The lowest BCUT2D eigenvalue weighted by atomic mass is 10.1. The van der Waals surface area contributed by atoms with E-state index in [0.717, 1.165) is 15.9 Å². The number of nitrogens with zero attached hydrogens (tertiary/aromatic N) is 3. The zero-order valence-electron chi connectivity index (χ0n) is 14.8. The van der Waals surface area contributed by atoms with E-state index in [9.17, 15) is 4.79 Å². The largest absolute Gasteiger partial charge is 0.363 e. The number of carbonyl (C=O) groups excluding carboxylic acids is 1. The normalized spacial score (nSPS) is 10.7. The fourth-order valence-electron chi connectivity index (χ4n) is 2.71. The van der Waals surface area contributed by atoms with Crippen molar-refractivity contribution in [1.29, 1.82) is 0 Å². The van der Waals surface area contributed by atoms with Crippen LogP contribution >= 0.6 is 34.8 Å². The maximum absolute atomic E-state index is 12.7. The van der Waals surface area contributed by atoms with E-state index in [1.807, 2.05) is 24.3 Å². The Morgan fingerprint density at radius 1 is 0.655 bits per heavy atom. The lowest BCUT2D eigenvalue weighted by Gasteiger charge is -2.03. The molecule has 1 aromatic heterocycles. The summed E-state index contributed by atoms with van der Waals surface area (Å²) in [7, 11) is 0. The highest BCUT2D eigenvalue weighted by molar-refractivity contribution is 6.31. The molecule has 0 bridgehead atoms. The number of halogens is 3. The molecule has 1 amide bonds. The monoisotopic (exact) mass is 442 g/mol. The van der Waals surface area contributed by atoms with E-state index in [-0.39, 0.29) is 0 Å². The molecule has 1 N–H and O–H groups in total. The molecule has 4 aromatic rings. The molecular formula is C21H13Cl3N4O. The number of amides is 1. The Kier molecular flexibility index (Phi) is 5.53. The molecule has 0 saturated carbocycles. The summed E-state index contributed by atoms with van der Waals surface area (Å²) in [6, 6.07) is 20.6. The van der Waals surface area contributed by atoms with Crippen molar-refractivity contribution in [3.8, 4) is 22.5 Å².